The van der Waals surface area contributed by atoms with Gasteiger partial charge in [-0.3, -0.25) is 4.98 Å². The number of hydrogen-bond donors (Lipinski definition) is 0. The maximum atomic E-state index is 13.8. The minimum atomic E-state index is -0.309. The van der Waals surface area contributed by atoms with Crippen LogP contribution in [0.2, 0.25) is 0 Å². The highest BCUT2D eigenvalue weighted by molar-refractivity contribution is 6.12. The third-order valence-corrected chi connectivity index (χ3v) is 6.59. The quantitative estimate of drug-likeness (QED) is 0.259. The van der Waals surface area contributed by atoms with Crippen LogP contribution in [0.25, 0.3) is 55.6 Å². The molecule has 172 valence electrons. The van der Waals surface area contributed by atoms with E-state index in [4.69, 9.17) is 4.42 Å². The molecule has 0 aliphatic rings. The zero-order valence-electron chi connectivity index (χ0n) is 19.8. The highest BCUT2D eigenvalue weighted by Crippen LogP contribution is 2.41. The molecule has 0 fully saturated rings. The lowest BCUT2D eigenvalue weighted by atomic mass is 9.96. The molecule has 6 rings (SSSR count). The zero-order valence-corrected chi connectivity index (χ0v) is 19.8. The number of halogens is 1. The Labute approximate surface area is 207 Å². The summed E-state index contributed by atoms with van der Waals surface area (Å²) in [4.78, 5) is 4.62. The molecule has 6 aromatic rings. The van der Waals surface area contributed by atoms with Crippen LogP contribution in [0.4, 0.5) is 4.39 Å². The predicted octanol–water partition coefficient (Wildman–Crippen LogP) is 7.13. The fraction of sp³-hybridized carbons (Fsp3) is 0.0645. The fourth-order valence-electron chi connectivity index (χ4n) is 4.87. The summed E-state index contributed by atoms with van der Waals surface area (Å²) < 4.78 is 22.1. The average Bonchev–Trinajstić information content (AvgIpc) is 3.28. The largest absolute Gasteiger partial charge is 0.453 e. The molecule has 0 unspecified atom stereocenters. The molecular weight excluding hydrogens is 449 g/mol. The van der Waals surface area contributed by atoms with Gasteiger partial charge in [0.05, 0.1) is 11.1 Å². The van der Waals surface area contributed by atoms with Crippen molar-refractivity contribution in [2.45, 2.75) is 6.92 Å². The number of aromatic nitrogens is 2. The van der Waals surface area contributed by atoms with Gasteiger partial charge in [-0.05, 0) is 47.4 Å². The molecule has 0 amide bonds. The van der Waals surface area contributed by atoms with Crippen LogP contribution in [-0.4, -0.2) is 4.98 Å². The summed E-state index contributed by atoms with van der Waals surface area (Å²) >= 11 is 0. The second kappa shape index (κ2) is 8.44. The second-order valence-corrected chi connectivity index (χ2v) is 8.86. The van der Waals surface area contributed by atoms with E-state index in [9.17, 15) is 9.65 Å². The molecule has 4 nitrogen and oxygen atoms in total. The van der Waals surface area contributed by atoms with Crippen LogP contribution in [0, 0.1) is 24.1 Å². The maximum Gasteiger partial charge on any atom is 0.216 e. The summed E-state index contributed by atoms with van der Waals surface area (Å²) in [5.74, 6) is -0.309. The molecule has 36 heavy (non-hydrogen) atoms. The van der Waals surface area contributed by atoms with E-state index >= 15 is 0 Å². The van der Waals surface area contributed by atoms with Crippen LogP contribution in [-0.2, 0) is 7.05 Å². The van der Waals surface area contributed by atoms with Crippen LogP contribution in [0.3, 0.4) is 0 Å². The minimum Gasteiger partial charge on any atom is -0.453 e. The summed E-state index contributed by atoms with van der Waals surface area (Å²) in [6.07, 6.45) is 3.06. The maximum absolute atomic E-state index is 13.8. The van der Waals surface area contributed by atoms with E-state index in [1.54, 1.807) is 16.8 Å². The first-order valence-corrected chi connectivity index (χ1v) is 11.6. The number of aryl methyl sites for hydroxylation is 2. The normalized spacial score (nSPS) is 11.2. The molecule has 0 spiro atoms. The Hall–Kier alpha value is -4.82. The average molecular weight is 471 g/mol. The van der Waals surface area contributed by atoms with Gasteiger partial charge in [-0.25, -0.2) is 4.39 Å². The SMILES string of the molecule is Cc1ccc2c(oc3c(-c4cccc(-c5ccccc5)c4)c(C#N)cnc32)c1-c1ccc(F)c[n+]1C. The lowest BCUT2D eigenvalue weighted by Gasteiger charge is -2.08. The van der Waals surface area contributed by atoms with Gasteiger partial charge in [0.25, 0.3) is 0 Å². The summed E-state index contributed by atoms with van der Waals surface area (Å²) in [5.41, 5.74) is 8.78. The smallest absolute Gasteiger partial charge is 0.216 e. The number of rotatable bonds is 3. The number of hydrogen-bond acceptors (Lipinski definition) is 3. The molecule has 0 aliphatic heterocycles. The van der Waals surface area contributed by atoms with Crippen molar-refractivity contribution in [3.8, 4) is 39.6 Å². The molecule has 0 aliphatic carbocycles. The Kier molecular flexibility index (Phi) is 5.09. The number of furan rings is 1. The summed E-state index contributed by atoms with van der Waals surface area (Å²) in [5, 5.41) is 10.8. The molecule has 0 N–H and O–H groups in total. The Balaban J connectivity index is 1.66. The van der Waals surface area contributed by atoms with Crippen molar-refractivity contribution >= 4 is 22.1 Å². The van der Waals surface area contributed by atoms with Crippen LogP contribution in [0.5, 0.6) is 0 Å². The lowest BCUT2D eigenvalue weighted by molar-refractivity contribution is -0.661. The van der Waals surface area contributed by atoms with E-state index in [2.05, 4.69) is 35.3 Å². The lowest BCUT2D eigenvalue weighted by Crippen LogP contribution is -2.31. The van der Waals surface area contributed by atoms with Crippen molar-refractivity contribution in [1.82, 2.24) is 4.98 Å². The predicted molar refractivity (Wildman–Crippen MR) is 138 cm³/mol. The number of nitriles is 1. The molecule has 0 saturated heterocycles. The van der Waals surface area contributed by atoms with Gasteiger partial charge >= 0.3 is 0 Å². The van der Waals surface area contributed by atoms with E-state index in [1.165, 1.54) is 12.3 Å². The molecule has 3 aromatic carbocycles. The third-order valence-electron chi connectivity index (χ3n) is 6.59. The van der Waals surface area contributed by atoms with Gasteiger partial charge in [-0.15, -0.1) is 0 Å². The minimum absolute atomic E-state index is 0.309. The number of nitrogens with zero attached hydrogens (tertiary/aromatic N) is 3. The first-order chi connectivity index (χ1) is 17.5. The molecule has 5 heteroatoms. The van der Waals surface area contributed by atoms with Gasteiger partial charge < -0.3 is 4.42 Å². The topological polar surface area (TPSA) is 53.7 Å². The summed E-state index contributed by atoms with van der Waals surface area (Å²) in [6.45, 7) is 2.00. The standard InChI is InChI=1S/C31H21FN3O/c1-19-11-13-25-29-31(36-30(25)27(19)26-14-12-24(32)18-35(26)2)28(23(16-33)17-34-29)22-10-6-9-21(15-22)20-7-4-3-5-8-20/h3-15,17-18H,1-2H3/q+1. The Morgan fingerprint density at radius 3 is 2.42 bits per heavy atom. The Bertz CT molecular complexity index is 1830. The first kappa shape index (κ1) is 21.7. The molecule has 0 saturated carbocycles. The molecule has 0 atom stereocenters. The van der Waals surface area contributed by atoms with Gasteiger partial charge in [0.2, 0.25) is 11.9 Å². The van der Waals surface area contributed by atoms with Crippen molar-refractivity contribution in [3.05, 3.63) is 108 Å². The van der Waals surface area contributed by atoms with Gasteiger partial charge in [0.15, 0.2) is 17.0 Å². The third kappa shape index (κ3) is 3.43. The zero-order chi connectivity index (χ0) is 24.8. The van der Waals surface area contributed by atoms with Gasteiger partial charge in [0.1, 0.15) is 18.6 Å². The highest BCUT2D eigenvalue weighted by Gasteiger charge is 2.24. The molecular formula is C31H21FN3O+. The number of benzene rings is 3. The van der Waals surface area contributed by atoms with E-state index < -0.39 is 0 Å². The van der Waals surface area contributed by atoms with Crippen molar-refractivity contribution in [3.63, 3.8) is 0 Å². The molecule has 0 radical (unpaired) electrons. The van der Waals surface area contributed by atoms with E-state index in [-0.39, 0.29) is 5.82 Å². The van der Waals surface area contributed by atoms with Gasteiger partial charge in [0, 0.05) is 23.2 Å². The first-order valence-electron chi connectivity index (χ1n) is 11.6. The van der Waals surface area contributed by atoms with Crippen LogP contribution in [0.15, 0.2) is 95.7 Å². The van der Waals surface area contributed by atoms with Gasteiger partial charge in [-0.1, -0.05) is 54.6 Å². The molecule has 3 aromatic heterocycles. The van der Waals surface area contributed by atoms with Crippen LogP contribution >= 0.6 is 0 Å². The van der Waals surface area contributed by atoms with Gasteiger partial charge in [-0.2, -0.15) is 9.83 Å². The second-order valence-electron chi connectivity index (χ2n) is 8.86. The van der Waals surface area contributed by atoms with Crippen molar-refractivity contribution in [1.29, 1.82) is 5.26 Å². The highest BCUT2D eigenvalue weighted by atomic mass is 19.1. The number of fused-ring (bicyclic) bond motifs is 3. The monoisotopic (exact) mass is 470 g/mol. The molecule has 3 heterocycles. The summed E-state index contributed by atoms with van der Waals surface area (Å²) in [7, 11) is 1.81. The van der Waals surface area contributed by atoms with Crippen LogP contribution in [0.1, 0.15) is 11.1 Å². The van der Waals surface area contributed by atoms with Crippen molar-refractivity contribution in [2.75, 3.05) is 0 Å². The van der Waals surface area contributed by atoms with Crippen molar-refractivity contribution < 1.29 is 13.4 Å². The summed E-state index contributed by atoms with van der Waals surface area (Å²) in [6, 6.07) is 27.7. The Morgan fingerprint density at radius 1 is 0.861 bits per heavy atom. The van der Waals surface area contributed by atoms with E-state index in [1.807, 2.05) is 56.4 Å². The fourth-order valence-corrected chi connectivity index (χ4v) is 4.87. The number of pyridine rings is 2. The van der Waals surface area contributed by atoms with E-state index in [0.717, 1.165) is 38.9 Å². The van der Waals surface area contributed by atoms with E-state index in [0.29, 0.717) is 27.8 Å². The molecule has 0 bridgehead atoms. The van der Waals surface area contributed by atoms with Crippen molar-refractivity contribution in [2.24, 2.45) is 7.05 Å². The Morgan fingerprint density at radius 2 is 1.64 bits per heavy atom. The van der Waals surface area contributed by atoms with Crippen LogP contribution < -0.4 is 4.57 Å².